The molecule has 1 aliphatic heterocycles. The van der Waals surface area contributed by atoms with Crippen LogP contribution in [-0.2, 0) is 7.05 Å². The predicted octanol–water partition coefficient (Wildman–Crippen LogP) is 1.56. The Hall–Kier alpha value is -3.16. The minimum atomic E-state index is -1.10. The van der Waals surface area contributed by atoms with E-state index < -0.39 is 5.97 Å². The second kappa shape index (κ2) is 5.73. The summed E-state index contributed by atoms with van der Waals surface area (Å²) in [4.78, 5) is 25.6. The van der Waals surface area contributed by atoms with Crippen molar-refractivity contribution in [2.24, 2.45) is 7.05 Å². The number of fused-ring (bicyclic) bond motifs is 1. The number of carbonyl (C=O) groups excluding carboxylic acids is 1. The van der Waals surface area contributed by atoms with Crippen molar-refractivity contribution in [2.45, 2.75) is 12.5 Å². The zero-order valence-corrected chi connectivity index (χ0v) is 13.7. The highest BCUT2D eigenvalue weighted by Gasteiger charge is 2.30. The molecule has 1 fully saturated rings. The van der Waals surface area contributed by atoms with Crippen molar-refractivity contribution >= 4 is 22.8 Å². The number of amides is 1. The molecule has 3 aromatic rings. The van der Waals surface area contributed by atoms with Crippen molar-refractivity contribution in [1.82, 2.24) is 24.5 Å². The summed E-state index contributed by atoms with van der Waals surface area (Å²) in [5, 5.41) is 17.5. The fraction of sp³-hybridized carbons (Fsp3) is 0.294. The van der Waals surface area contributed by atoms with Gasteiger partial charge in [-0.05, 0) is 18.6 Å². The molecule has 2 aromatic heterocycles. The molecule has 25 heavy (non-hydrogen) atoms. The van der Waals surface area contributed by atoms with Gasteiger partial charge in [0.25, 0.3) is 5.91 Å². The highest BCUT2D eigenvalue weighted by atomic mass is 16.4. The Labute approximate surface area is 143 Å². The summed E-state index contributed by atoms with van der Waals surface area (Å²) in [5.74, 6) is -1.13. The maximum Gasteiger partial charge on any atom is 0.358 e. The Morgan fingerprint density at radius 1 is 1.28 bits per heavy atom. The van der Waals surface area contributed by atoms with Gasteiger partial charge >= 0.3 is 5.97 Å². The molecule has 4 rings (SSSR count). The number of carboxylic acids is 1. The van der Waals surface area contributed by atoms with Crippen molar-refractivity contribution in [3.05, 3.63) is 47.9 Å². The van der Waals surface area contributed by atoms with Gasteiger partial charge in [0.2, 0.25) is 0 Å². The van der Waals surface area contributed by atoms with Crippen LogP contribution in [-0.4, -0.2) is 54.5 Å². The second-order valence-electron chi connectivity index (χ2n) is 6.23. The number of aromatic nitrogens is 4. The molecule has 0 bridgehead atoms. The molecule has 1 saturated heterocycles. The highest BCUT2D eigenvalue weighted by molar-refractivity contribution is 5.98. The lowest BCUT2D eigenvalue weighted by molar-refractivity contribution is 0.0689. The minimum absolute atomic E-state index is 0.0280. The van der Waals surface area contributed by atoms with Crippen molar-refractivity contribution in [3.63, 3.8) is 0 Å². The molecule has 8 nitrogen and oxygen atoms in total. The predicted molar refractivity (Wildman–Crippen MR) is 89.5 cm³/mol. The largest absolute Gasteiger partial charge is 0.476 e. The van der Waals surface area contributed by atoms with Crippen molar-refractivity contribution in [1.29, 1.82) is 0 Å². The quantitative estimate of drug-likeness (QED) is 0.781. The number of rotatable bonds is 3. The lowest BCUT2D eigenvalue weighted by Gasteiger charge is -2.17. The molecular formula is C17H17N5O3. The van der Waals surface area contributed by atoms with Crippen LogP contribution in [0.15, 0.2) is 36.5 Å². The third-order valence-corrected chi connectivity index (χ3v) is 4.72. The lowest BCUT2D eigenvalue weighted by Crippen LogP contribution is -2.30. The van der Waals surface area contributed by atoms with E-state index in [0.717, 1.165) is 17.3 Å². The molecule has 3 heterocycles. The summed E-state index contributed by atoms with van der Waals surface area (Å²) in [6, 6.07) is 9.73. The van der Waals surface area contributed by atoms with E-state index in [0.29, 0.717) is 18.8 Å². The van der Waals surface area contributed by atoms with Gasteiger partial charge in [-0.3, -0.25) is 4.79 Å². The molecule has 0 aliphatic carbocycles. The summed E-state index contributed by atoms with van der Waals surface area (Å²) >= 11 is 0. The minimum Gasteiger partial charge on any atom is -0.476 e. The van der Waals surface area contributed by atoms with Crippen LogP contribution in [0, 0.1) is 0 Å². The molecule has 0 saturated carbocycles. The Kier molecular flexibility index (Phi) is 3.52. The Balaban J connectivity index is 1.55. The van der Waals surface area contributed by atoms with Crippen LogP contribution >= 0.6 is 0 Å². The van der Waals surface area contributed by atoms with E-state index in [1.165, 1.54) is 10.9 Å². The molecule has 128 valence electrons. The van der Waals surface area contributed by atoms with E-state index in [4.69, 9.17) is 5.11 Å². The van der Waals surface area contributed by atoms with Gasteiger partial charge in [-0.1, -0.05) is 23.4 Å². The van der Waals surface area contributed by atoms with E-state index in [9.17, 15) is 9.59 Å². The van der Waals surface area contributed by atoms with Crippen LogP contribution in [0.1, 0.15) is 33.4 Å². The third kappa shape index (κ3) is 2.55. The first-order valence-corrected chi connectivity index (χ1v) is 8.03. The van der Waals surface area contributed by atoms with E-state index in [-0.39, 0.29) is 17.6 Å². The summed E-state index contributed by atoms with van der Waals surface area (Å²) in [6.45, 7) is 1.09. The Morgan fingerprint density at radius 2 is 2.08 bits per heavy atom. The molecule has 1 N–H and O–H groups in total. The smallest absolute Gasteiger partial charge is 0.358 e. The number of para-hydroxylation sites is 1. The number of aryl methyl sites for hydroxylation is 1. The number of benzene rings is 1. The van der Waals surface area contributed by atoms with Crippen LogP contribution in [0.5, 0.6) is 0 Å². The summed E-state index contributed by atoms with van der Waals surface area (Å²) in [7, 11) is 1.89. The fourth-order valence-corrected chi connectivity index (χ4v) is 3.35. The molecule has 1 atom stereocenters. The number of carboxylic acid groups (broad SMARTS) is 1. The van der Waals surface area contributed by atoms with E-state index in [2.05, 4.69) is 10.3 Å². The standard InChI is InChI=1S/C17H17N5O3/c1-20-14-5-3-2-4-11(14)8-15(20)16(23)21-7-6-12(9-21)22-10-13(17(24)25)18-19-22/h2-5,8,10,12H,6-7,9H2,1H3,(H,24,25). The summed E-state index contributed by atoms with van der Waals surface area (Å²) < 4.78 is 3.45. The summed E-state index contributed by atoms with van der Waals surface area (Å²) in [5.41, 5.74) is 1.58. The number of likely N-dealkylation sites (tertiary alicyclic amines) is 1. The summed E-state index contributed by atoms with van der Waals surface area (Å²) in [6.07, 6.45) is 2.13. The van der Waals surface area contributed by atoms with Gasteiger partial charge in [0.15, 0.2) is 5.69 Å². The van der Waals surface area contributed by atoms with Gasteiger partial charge in [0.05, 0.1) is 12.2 Å². The molecule has 1 aromatic carbocycles. The zero-order chi connectivity index (χ0) is 17.6. The average Bonchev–Trinajstić information content (AvgIpc) is 3.33. The topological polar surface area (TPSA) is 93.2 Å². The Bertz CT molecular complexity index is 974. The number of aromatic carboxylic acids is 1. The SMILES string of the molecule is Cn1c(C(=O)N2CCC(n3cc(C(=O)O)nn3)C2)cc2ccccc21. The van der Waals surface area contributed by atoms with Crippen LogP contribution in [0.2, 0.25) is 0 Å². The average molecular weight is 339 g/mol. The van der Waals surface area contributed by atoms with Gasteiger partial charge < -0.3 is 14.6 Å². The van der Waals surface area contributed by atoms with Gasteiger partial charge in [-0.2, -0.15) is 0 Å². The zero-order valence-electron chi connectivity index (χ0n) is 13.7. The fourth-order valence-electron chi connectivity index (χ4n) is 3.35. The molecular weight excluding hydrogens is 322 g/mol. The maximum atomic E-state index is 12.9. The normalized spacial score (nSPS) is 17.3. The second-order valence-corrected chi connectivity index (χ2v) is 6.23. The molecule has 1 aliphatic rings. The van der Waals surface area contributed by atoms with Crippen LogP contribution in [0.4, 0.5) is 0 Å². The first kappa shape index (κ1) is 15.4. The van der Waals surface area contributed by atoms with Crippen molar-refractivity contribution in [2.75, 3.05) is 13.1 Å². The number of nitrogens with zero attached hydrogens (tertiary/aromatic N) is 5. The van der Waals surface area contributed by atoms with Crippen LogP contribution < -0.4 is 0 Å². The van der Waals surface area contributed by atoms with Gasteiger partial charge in [0.1, 0.15) is 5.69 Å². The molecule has 0 radical (unpaired) electrons. The van der Waals surface area contributed by atoms with Crippen LogP contribution in [0.3, 0.4) is 0 Å². The Morgan fingerprint density at radius 3 is 2.80 bits per heavy atom. The van der Waals surface area contributed by atoms with Crippen molar-refractivity contribution in [3.8, 4) is 0 Å². The molecule has 1 unspecified atom stereocenters. The molecule has 0 spiro atoms. The molecule has 1 amide bonds. The van der Waals surface area contributed by atoms with E-state index in [1.54, 1.807) is 4.90 Å². The number of carbonyl (C=O) groups is 2. The maximum absolute atomic E-state index is 12.9. The van der Waals surface area contributed by atoms with Gasteiger partial charge in [-0.25, -0.2) is 9.48 Å². The van der Waals surface area contributed by atoms with E-state index >= 15 is 0 Å². The number of hydrogen-bond acceptors (Lipinski definition) is 4. The number of hydrogen-bond donors (Lipinski definition) is 1. The third-order valence-electron chi connectivity index (χ3n) is 4.72. The lowest BCUT2D eigenvalue weighted by atomic mass is 10.2. The monoisotopic (exact) mass is 339 g/mol. The van der Waals surface area contributed by atoms with Crippen molar-refractivity contribution < 1.29 is 14.7 Å². The van der Waals surface area contributed by atoms with Gasteiger partial charge in [-0.15, -0.1) is 5.10 Å². The van der Waals surface area contributed by atoms with Gasteiger partial charge in [0, 0.05) is 31.0 Å². The molecule has 8 heteroatoms. The van der Waals surface area contributed by atoms with E-state index in [1.807, 2.05) is 41.9 Å². The first-order chi connectivity index (χ1) is 12.0. The van der Waals surface area contributed by atoms with Crippen LogP contribution in [0.25, 0.3) is 10.9 Å². The highest BCUT2D eigenvalue weighted by Crippen LogP contribution is 2.25. The first-order valence-electron chi connectivity index (χ1n) is 8.03.